The lowest BCUT2D eigenvalue weighted by atomic mass is 10.4. The van der Waals surface area contributed by atoms with E-state index in [1.807, 2.05) is 0 Å². The molecule has 0 saturated heterocycles. The van der Waals surface area contributed by atoms with E-state index in [1.54, 1.807) is 27.7 Å². The van der Waals surface area contributed by atoms with Crippen molar-refractivity contribution in [1.29, 1.82) is 0 Å². The van der Waals surface area contributed by atoms with E-state index in [9.17, 15) is 13.0 Å². The predicted molar refractivity (Wildman–Crippen MR) is 82.8 cm³/mol. The molecule has 0 spiro atoms. The lowest BCUT2D eigenvalue weighted by Gasteiger charge is -2.28. The van der Waals surface area contributed by atoms with Crippen LogP contribution in [0.3, 0.4) is 0 Å². The van der Waals surface area contributed by atoms with Gasteiger partial charge in [-0.25, -0.2) is 0 Å². The van der Waals surface area contributed by atoms with Crippen molar-refractivity contribution < 1.29 is 26.2 Å². The maximum atomic E-state index is 12.9. The maximum absolute atomic E-state index is 12.9. The molecule has 6 nitrogen and oxygen atoms in total. The zero-order valence-corrected chi connectivity index (χ0v) is 15.8. The summed E-state index contributed by atoms with van der Waals surface area (Å²) in [5.74, 6) is -1.13. The van der Waals surface area contributed by atoms with Crippen LogP contribution in [0.1, 0.15) is 40.5 Å². The first-order valence-electron chi connectivity index (χ1n) is 6.41. The van der Waals surface area contributed by atoms with E-state index in [1.165, 1.54) is 0 Å². The molecule has 0 unspecified atom stereocenters. The molecule has 0 aliphatic heterocycles. The summed E-state index contributed by atoms with van der Waals surface area (Å²) >= 11 is 3.25. The fourth-order valence-electron chi connectivity index (χ4n) is 1.46. The van der Waals surface area contributed by atoms with E-state index in [4.69, 9.17) is 13.2 Å². The topological polar surface area (TPSA) is 78.9 Å². The van der Waals surface area contributed by atoms with E-state index in [2.05, 4.69) is 15.9 Å². The van der Waals surface area contributed by atoms with Crippen molar-refractivity contribution in [2.75, 3.05) is 11.6 Å². The molecule has 0 amide bonds. The van der Waals surface area contributed by atoms with Gasteiger partial charge in [-0.15, -0.1) is 0 Å². The van der Waals surface area contributed by atoms with Crippen LogP contribution in [0.2, 0.25) is 0 Å². The van der Waals surface area contributed by atoms with Gasteiger partial charge in [0.05, 0.1) is 18.5 Å². The lowest BCUT2D eigenvalue weighted by Crippen LogP contribution is -2.23. The van der Waals surface area contributed by atoms with Crippen molar-refractivity contribution in [3.05, 3.63) is 0 Å². The predicted octanol–water partition coefficient (Wildman–Crippen LogP) is 3.51. The number of rotatable bonds is 10. The Kier molecular flexibility index (Phi) is 9.09. The normalized spacial score (nSPS) is 15.0. The molecule has 20 heavy (non-hydrogen) atoms. The number of hydrogen-bond acceptors (Lipinski definition) is 6. The molecule has 0 aromatic carbocycles. The molecule has 0 aromatic rings. The second-order valence-electron chi connectivity index (χ2n) is 4.93. The minimum Gasteiger partial charge on any atom is -0.304 e. The van der Waals surface area contributed by atoms with Crippen LogP contribution in [0.4, 0.5) is 0 Å². The molecule has 0 fully saturated rings. The molecule has 0 bridgehead atoms. The van der Waals surface area contributed by atoms with Crippen LogP contribution in [0.25, 0.3) is 0 Å². The summed E-state index contributed by atoms with van der Waals surface area (Å²) in [7, 11) is -7.45. The van der Waals surface area contributed by atoms with Crippen LogP contribution in [-0.2, 0) is 27.9 Å². The second kappa shape index (κ2) is 8.86. The van der Waals surface area contributed by atoms with Crippen molar-refractivity contribution in [3.63, 3.8) is 0 Å². The van der Waals surface area contributed by atoms with Crippen molar-refractivity contribution in [2.45, 2.75) is 58.6 Å². The molecule has 0 radical (unpaired) electrons. The third-order valence-electron chi connectivity index (χ3n) is 1.94. The van der Waals surface area contributed by atoms with Gasteiger partial charge >= 0.3 is 7.60 Å². The highest BCUT2D eigenvalue weighted by Crippen LogP contribution is 2.57. The Morgan fingerprint density at radius 1 is 1.10 bits per heavy atom. The van der Waals surface area contributed by atoms with E-state index in [0.717, 1.165) is 6.26 Å². The summed E-state index contributed by atoms with van der Waals surface area (Å²) < 4.78 is 51.3. The minimum atomic E-state index is -3.76. The quantitative estimate of drug-likeness (QED) is 0.320. The fraction of sp³-hybridized carbons (Fsp3) is 1.00. The van der Waals surface area contributed by atoms with E-state index >= 15 is 0 Å². The third kappa shape index (κ3) is 8.74. The molecule has 0 saturated carbocycles. The largest absolute Gasteiger partial charge is 0.361 e. The van der Waals surface area contributed by atoms with Crippen LogP contribution in [0.5, 0.6) is 0 Å². The highest BCUT2D eigenvalue weighted by atomic mass is 79.9. The van der Waals surface area contributed by atoms with E-state index < -0.39 is 23.6 Å². The van der Waals surface area contributed by atoms with Gasteiger partial charge in [0.15, 0.2) is 5.85 Å². The van der Waals surface area contributed by atoms with Gasteiger partial charge in [-0.2, -0.15) is 8.42 Å². The second-order valence-corrected chi connectivity index (χ2v) is 9.41. The minimum absolute atomic E-state index is 0.259. The van der Waals surface area contributed by atoms with Gasteiger partial charge in [0.2, 0.25) is 0 Å². The first-order valence-corrected chi connectivity index (χ1v) is 11.0. The number of alkyl halides is 1. The number of halogens is 1. The highest BCUT2D eigenvalue weighted by Gasteiger charge is 2.40. The first-order chi connectivity index (χ1) is 9.00. The van der Waals surface area contributed by atoms with Crippen LogP contribution < -0.4 is 0 Å². The van der Waals surface area contributed by atoms with Gasteiger partial charge in [-0.3, -0.25) is 8.75 Å². The lowest BCUT2D eigenvalue weighted by molar-refractivity contribution is 0.107. The molecule has 0 rings (SSSR count). The van der Waals surface area contributed by atoms with Crippen LogP contribution in [0, 0.1) is 0 Å². The third-order valence-corrected chi connectivity index (χ3v) is 5.72. The summed E-state index contributed by atoms with van der Waals surface area (Å²) in [6.45, 7) is 6.83. The summed E-state index contributed by atoms with van der Waals surface area (Å²) in [4.78, 5) is 0. The van der Waals surface area contributed by atoms with Crippen LogP contribution in [-0.4, -0.2) is 38.1 Å². The van der Waals surface area contributed by atoms with Crippen LogP contribution in [0.15, 0.2) is 0 Å². The Morgan fingerprint density at radius 2 is 1.55 bits per heavy atom. The summed E-state index contributed by atoms with van der Waals surface area (Å²) in [5.41, 5.74) is 0. The van der Waals surface area contributed by atoms with Gasteiger partial charge in [0.1, 0.15) is 0 Å². The Balaban J connectivity index is 5.31. The fourth-order valence-corrected chi connectivity index (χ4v) is 5.17. The van der Waals surface area contributed by atoms with Crippen molar-refractivity contribution >= 4 is 33.6 Å². The average Bonchev–Trinajstić information content (AvgIpc) is 2.19. The molecule has 0 N–H and O–H groups in total. The van der Waals surface area contributed by atoms with Gasteiger partial charge in [-0.05, 0) is 40.5 Å². The van der Waals surface area contributed by atoms with Crippen molar-refractivity contribution in [3.8, 4) is 0 Å². The average molecular weight is 395 g/mol. The standard InChI is InChI=1S/C11H24BrO6PS/c1-9(2)16-19(13,17-10(3)4)11(7-6-8-12)18-20(5,14)15/h9-11H,6-8H2,1-5H3/t11-/m0/s1. The molecule has 0 aromatic heterocycles. The Hall–Kier alpha value is 0.540. The zero-order valence-electron chi connectivity index (χ0n) is 12.5. The molecule has 122 valence electrons. The highest BCUT2D eigenvalue weighted by molar-refractivity contribution is 9.09. The number of hydrogen-bond donors (Lipinski definition) is 0. The van der Waals surface area contributed by atoms with E-state index in [0.29, 0.717) is 11.8 Å². The first kappa shape index (κ1) is 20.5. The summed E-state index contributed by atoms with van der Waals surface area (Å²) in [6, 6.07) is 0. The molecular weight excluding hydrogens is 371 g/mol. The summed E-state index contributed by atoms with van der Waals surface area (Å²) in [5, 5.41) is 0.639. The summed E-state index contributed by atoms with van der Waals surface area (Å²) in [6.07, 6.45) is 1.04. The molecule has 9 heteroatoms. The van der Waals surface area contributed by atoms with Gasteiger partial charge in [-0.1, -0.05) is 15.9 Å². The van der Waals surface area contributed by atoms with Gasteiger partial charge in [0.25, 0.3) is 10.1 Å². The smallest absolute Gasteiger partial charge is 0.304 e. The zero-order chi connectivity index (χ0) is 16.0. The molecule has 0 aliphatic carbocycles. The monoisotopic (exact) mass is 394 g/mol. The van der Waals surface area contributed by atoms with Crippen molar-refractivity contribution in [2.24, 2.45) is 0 Å². The van der Waals surface area contributed by atoms with Gasteiger partial charge < -0.3 is 9.05 Å². The molecular formula is C11H24BrO6PS. The Morgan fingerprint density at radius 3 is 1.85 bits per heavy atom. The Bertz CT molecular complexity index is 409. The van der Waals surface area contributed by atoms with E-state index in [-0.39, 0.29) is 18.6 Å². The SMILES string of the molecule is CC(C)OP(=O)(OC(C)C)[C@@H](CCCBr)OS(C)(=O)=O. The van der Waals surface area contributed by atoms with Gasteiger partial charge in [0, 0.05) is 5.33 Å². The molecule has 0 heterocycles. The van der Waals surface area contributed by atoms with Crippen molar-refractivity contribution in [1.82, 2.24) is 0 Å². The van der Waals surface area contributed by atoms with Crippen LogP contribution >= 0.6 is 23.5 Å². The molecule has 1 atom stereocenters. The molecule has 0 aliphatic rings. The maximum Gasteiger partial charge on any atom is 0.361 e. The Labute approximate surface area is 130 Å².